The normalized spacial score (nSPS) is 15.1. The lowest BCUT2D eigenvalue weighted by Gasteiger charge is -2.18. The number of nitrogens with one attached hydrogen (secondary N) is 1. The molecule has 0 aliphatic carbocycles. The zero-order chi connectivity index (χ0) is 12.1. The summed E-state index contributed by atoms with van der Waals surface area (Å²) in [4.78, 5) is 0. The molecule has 1 aromatic rings. The van der Waals surface area contributed by atoms with Gasteiger partial charge in [-0.3, -0.25) is 0 Å². The van der Waals surface area contributed by atoms with Crippen molar-refractivity contribution in [3.63, 3.8) is 0 Å². The predicted octanol–water partition coefficient (Wildman–Crippen LogP) is 2.10. The molecule has 0 aliphatic rings. The molecule has 0 saturated carbocycles. The van der Waals surface area contributed by atoms with Gasteiger partial charge in [-0.2, -0.15) is 0 Å². The third-order valence-corrected chi connectivity index (χ3v) is 2.92. The van der Waals surface area contributed by atoms with Crippen molar-refractivity contribution in [3.8, 4) is 0 Å². The number of nitrogens with zero attached hydrogens (tertiary/aromatic N) is 1. The van der Waals surface area contributed by atoms with Gasteiger partial charge in [0.15, 0.2) is 0 Å². The molecule has 0 fully saturated rings. The highest BCUT2D eigenvalue weighted by molar-refractivity contribution is 5.24. The van der Waals surface area contributed by atoms with Crippen LogP contribution in [0.4, 0.5) is 0 Å². The Morgan fingerprint density at radius 3 is 2.44 bits per heavy atom. The Hall–Kier alpha value is -0.870. The predicted molar refractivity (Wildman–Crippen MR) is 63.3 cm³/mol. The summed E-state index contributed by atoms with van der Waals surface area (Å²) in [6, 6.07) is 0.215. The lowest BCUT2D eigenvalue weighted by Crippen LogP contribution is -2.30. The third kappa shape index (κ3) is 3.06. The lowest BCUT2D eigenvalue weighted by molar-refractivity contribution is 0.162. The molecule has 0 radical (unpaired) electrons. The van der Waals surface area contributed by atoms with Gasteiger partial charge in [0, 0.05) is 18.2 Å². The largest absolute Gasteiger partial charge is 0.392 e. The van der Waals surface area contributed by atoms with Crippen LogP contribution in [0.1, 0.15) is 49.7 Å². The Morgan fingerprint density at radius 2 is 2.00 bits per heavy atom. The molecule has 2 atom stereocenters. The van der Waals surface area contributed by atoms with E-state index in [4.69, 9.17) is 4.52 Å². The second-order valence-corrected chi connectivity index (χ2v) is 4.17. The quantitative estimate of drug-likeness (QED) is 0.780. The van der Waals surface area contributed by atoms with Crippen molar-refractivity contribution in [3.05, 3.63) is 17.0 Å². The number of hydrogen-bond donors (Lipinski definition) is 2. The molecule has 16 heavy (non-hydrogen) atoms. The first-order valence-electron chi connectivity index (χ1n) is 5.94. The van der Waals surface area contributed by atoms with Crippen molar-refractivity contribution in [2.75, 3.05) is 6.54 Å². The highest BCUT2D eigenvalue weighted by Gasteiger charge is 2.18. The van der Waals surface area contributed by atoms with E-state index >= 15 is 0 Å². The molecular weight excluding hydrogens is 204 g/mol. The van der Waals surface area contributed by atoms with Crippen LogP contribution >= 0.6 is 0 Å². The van der Waals surface area contributed by atoms with Crippen molar-refractivity contribution >= 4 is 0 Å². The highest BCUT2D eigenvalue weighted by atomic mass is 16.5. The average Bonchev–Trinajstić information content (AvgIpc) is 2.61. The van der Waals surface area contributed by atoms with Crippen LogP contribution < -0.4 is 5.32 Å². The topological polar surface area (TPSA) is 58.3 Å². The Morgan fingerprint density at radius 1 is 1.31 bits per heavy atom. The Balaban J connectivity index is 2.67. The molecule has 0 aliphatic heterocycles. The first-order chi connectivity index (χ1) is 7.60. The van der Waals surface area contributed by atoms with Gasteiger partial charge in [0.05, 0.1) is 11.8 Å². The first-order valence-corrected chi connectivity index (χ1v) is 5.94. The van der Waals surface area contributed by atoms with E-state index in [0.717, 1.165) is 29.9 Å². The summed E-state index contributed by atoms with van der Waals surface area (Å²) in [6.07, 6.45) is 1.44. The van der Waals surface area contributed by atoms with E-state index in [-0.39, 0.29) is 12.1 Å². The summed E-state index contributed by atoms with van der Waals surface area (Å²) in [5, 5.41) is 16.8. The molecule has 1 aromatic heterocycles. The van der Waals surface area contributed by atoms with Crippen molar-refractivity contribution in [1.82, 2.24) is 10.5 Å². The molecular formula is C12H22N2O2. The summed E-state index contributed by atoms with van der Waals surface area (Å²) >= 11 is 0. The van der Waals surface area contributed by atoms with E-state index in [0.29, 0.717) is 6.54 Å². The van der Waals surface area contributed by atoms with E-state index in [1.807, 2.05) is 20.8 Å². The van der Waals surface area contributed by atoms with Crippen molar-refractivity contribution in [1.29, 1.82) is 0 Å². The van der Waals surface area contributed by atoms with Gasteiger partial charge >= 0.3 is 0 Å². The smallest absolute Gasteiger partial charge is 0.138 e. The number of aryl methyl sites for hydroxylation is 2. The first kappa shape index (κ1) is 13.2. The fourth-order valence-corrected chi connectivity index (χ4v) is 1.86. The van der Waals surface area contributed by atoms with Crippen molar-refractivity contribution in [2.45, 2.75) is 52.7 Å². The molecule has 1 heterocycles. The molecule has 0 aromatic carbocycles. The van der Waals surface area contributed by atoms with Crippen LogP contribution in [0, 0.1) is 13.8 Å². The SMILES string of the molecule is CCC(NC[C@H](O)CC)c1c(C)noc1C. The van der Waals surface area contributed by atoms with Crippen molar-refractivity contribution in [2.24, 2.45) is 0 Å². The summed E-state index contributed by atoms with van der Waals surface area (Å²) in [6.45, 7) is 8.58. The number of aliphatic hydroxyl groups is 1. The summed E-state index contributed by atoms with van der Waals surface area (Å²) in [7, 11) is 0. The van der Waals surface area contributed by atoms with Gasteiger partial charge < -0.3 is 14.9 Å². The lowest BCUT2D eigenvalue weighted by atomic mass is 10.0. The van der Waals surface area contributed by atoms with Crippen LogP contribution in [0.2, 0.25) is 0 Å². The van der Waals surface area contributed by atoms with Gasteiger partial charge in [-0.1, -0.05) is 19.0 Å². The second kappa shape index (κ2) is 6.01. The molecule has 1 rings (SSSR count). The van der Waals surface area contributed by atoms with Gasteiger partial charge in [-0.15, -0.1) is 0 Å². The molecule has 4 heteroatoms. The van der Waals surface area contributed by atoms with Gasteiger partial charge in [-0.25, -0.2) is 0 Å². The Kier molecular flexibility index (Phi) is 4.96. The standard InChI is InChI=1S/C12H22N2O2/c1-5-10(15)7-13-11(6-2)12-8(3)14-16-9(12)4/h10-11,13,15H,5-7H2,1-4H3/t10-,11?/m1/s1. The Labute approximate surface area is 97.0 Å². The Bertz CT molecular complexity index is 303. The molecule has 0 amide bonds. The second-order valence-electron chi connectivity index (χ2n) is 4.17. The molecule has 4 nitrogen and oxygen atoms in total. The van der Waals surface area contributed by atoms with Crippen LogP contribution in [0.3, 0.4) is 0 Å². The van der Waals surface area contributed by atoms with Crippen LogP contribution in [0.25, 0.3) is 0 Å². The molecule has 2 N–H and O–H groups in total. The third-order valence-electron chi connectivity index (χ3n) is 2.92. The number of rotatable bonds is 6. The van der Waals surface area contributed by atoms with Crippen LogP contribution in [-0.2, 0) is 0 Å². The molecule has 0 spiro atoms. The zero-order valence-electron chi connectivity index (χ0n) is 10.6. The minimum atomic E-state index is -0.283. The number of hydrogen-bond acceptors (Lipinski definition) is 4. The van der Waals surface area contributed by atoms with Crippen LogP contribution in [-0.4, -0.2) is 22.9 Å². The minimum Gasteiger partial charge on any atom is -0.392 e. The molecule has 0 saturated heterocycles. The van der Waals surface area contributed by atoms with Crippen LogP contribution in [0.5, 0.6) is 0 Å². The van der Waals surface area contributed by atoms with Crippen molar-refractivity contribution < 1.29 is 9.63 Å². The van der Waals surface area contributed by atoms with E-state index in [1.54, 1.807) is 0 Å². The molecule has 0 bridgehead atoms. The highest BCUT2D eigenvalue weighted by Crippen LogP contribution is 2.23. The summed E-state index contributed by atoms with van der Waals surface area (Å²) in [5.41, 5.74) is 2.06. The van der Waals surface area contributed by atoms with Gasteiger partial charge in [0.1, 0.15) is 5.76 Å². The van der Waals surface area contributed by atoms with Gasteiger partial charge in [0.2, 0.25) is 0 Å². The van der Waals surface area contributed by atoms with E-state index in [1.165, 1.54) is 0 Å². The zero-order valence-corrected chi connectivity index (χ0v) is 10.6. The average molecular weight is 226 g/mol. The van der Waals surface area contributed by atoms with Gasteiger partial charge in [-0.05, 0) is 26.7 Å². The summed E-state index contributed by atoms with van der Waals surface area (Å²) in [5.74, 6) is 0.864. The van der Waals surface area contributed by atoms with E-state index < -0.39 is 0 Å². The van der Waals surface area contributed by atoms with E-state index in [9.17, 15) is 5.11 Å². The maximum absolute atomic E-state index is 9.54. The fourth-order valence-electron chi connectivity index (χ4n) is 1.86. The maximum atomic E-state index is 9.54. The maximum Gasteiger partial charge on any atom is 0.138 e. The summed E-state index contributed by atoms with van der Waals surface area (Å²) < 4.78 is 5.16. The molecule has 1 unspecified atom stereocenters. The van der Waals surface area contributed by atoms with E-state index in [2.05, 4.69) is 17.4 Å². The minimum absolute atomic E-state index is 0.215. The van der Waals surface area contributed by atoms with Crippen LogP contribution in [0.15, 0.2) is 4.52 Å². The molecule has 92 valence electrons. The fraction of sp³-hybridized carbons (Fsp3) is 0.750. The van der Waals surface area contributed by atoms with Gasteiger partial charge in [0.25, 0.3) is 0 Å². The number of aliphatic hydroxyl groups excluding tert-OH is 1. The number of aromatic nitrogens is 1. The monoisotopic (exact) mass is 226 g/mol.